The minimum absolute atomic E-state index is 0.0301. The highest BCUT2D eigenvalue weighted by Gasteiger charge is 2.48. The van der Waals surface area contributed by atoms with Crippen molar-refractivity contribution in [3.05, 3.63) is 82.4 Å². The molecule has 0 aliphatic carbocycles. The Morgan fingerprint density at radius 3 is 2.67 bits per heavy atom. The fourth-order valence-electron chi connectivity index (χ4n) is 5.09. The summed E-state index contributed by atoms with van der Waals surface area (Å²) >= 11 is 1.34. The Hall–Kier alpha value is -4.37. The lowest BCUT2D eigenvalue weighted by Gasteiger charge is -2.23. The molecular weight excluding hydrogens is 516 g/mol. The van der Waals surface area contributed by atoms with Crippen LogP contribution in [0.15, 0.2) is 60.2 Å². The molecule has 1 amide bonds. The third-order valence-electron chi connectivity index (χ3n) is 6.77. The van der Waals surface area contributed by atoms with E-state index in [0.29, 0.717) is 53.3 Å². The van der Waals surface area contributed by atoms with Crippen molar-refractivity contribution in [3.63, 3.8) is 0 Å². The molecule has 2 aliphatic rings. The number of aryl methyl sites for hydroxylation is 2. The van der Waals surface area contributed by atoms with Crippen LogP contribution in [0.3, 0.4) is 0 Å². The van der Waals surface area contributed by atoms with E-state index in [4.69, 9.17) is 19.2 Å². The minimum atomic E-state index is -0.916. The number of aliphatic hydroxyl groups excluding tert-OH is 1. The first-order valence-electron chi connectivity index (χ1n) is 12.7. The fraction of sp³-hybridized carbons (Fsp3) is 0.233. The van der Waals surface area contributed by atoms with Crippen LogP contribution in [0.2, 0.25) is 0 Å². The molecule has 198 valence electrons. The van der Waals surface area contributed by atoms with Crippen LogP contribution in [-0.2, 0) is 9.59 Å². The molecule has 0 bridgehead atoms. The van der Waals surface area contributed by atoms with Gasteiger partial charge >= 0.3 is 5.91 Å². The molecule has 1 aromatic heterocycles. The number of carbonyl (C=O) groups is 2. The summed E-state index contributed by atoms with van der Waals surface area (Å²) in [6.45, 7) is 7.12. The van der Waals surface area contributed by atoms with Crippen molar-refractivity contribution in [2.24, 2.45) is 0 Å². The van der Waals surface area contributed by atoms with Gasteiger partial charge in [0.15, 0.2) is 16.6 Å². The normalized spacial score (nSPS) is 18.1. The molecule has 0 radical (unpaired) electrons. The van der Waals surface area contributed by atoms with Gasteiger partial charge in [0.2, 0.25) is 0 Å². The molecule has 6 rings (SSSR count). The molecule has 1 fully saturated rings. The standard InChI is InChI=1S/C30H26N2O6S/c1-4-36-20-7-5-6-18(14-20)26-24(27(33)19-8-9-21-22(15-19)38-11-10-37-21)28(34)29(35)32(26)30-31-25-17(3)12-16(2)13-23(25)39-30/h5-9,12-15,26,33H,4,10-11H2,1-3H3/b27-24+/t26-/m1/s1. The number of hydrogen-bond donors (Lipinski definition) is 1. The Morgan fingerprint density at radius 2 is 1.87 bits per heavy atom. The van der Waals surface area contributed by atoms with E-state index in [0.717, 1.165) is 21.3 Å². The topological polar surface area (TPSA) is 98.2 Å². The Labute approximate surface area is 229 Å². The van der Waals surface area contributed by atoms with Crippen LogP contribution in [0, 0.1) is 13.8 Å². The Morgan fingerprint density at radius 1 is 1.08 bits per heavy atom. The highest BCUT2D eigenvalue weighted by atomic mass is 32.1. The van der Waals surface area contributed by atoms with Gasteiger partial charge in [-0.05, 0) is 73.9 Å². The predicted octanol–water partition coefficient (Wildman–Crippen LogP) is 5.71. The number of anilines is 1. The number of fused-ring (bicyclic) bond motifs is 2. The molecule has 3 aromatic carbocycles. The number of amides is 1. The number of aromatic nitrogens is 1. The average molecular weight is 543 g/mol. The zero-order chi connectivity index (χ0) is 27.3. The summed E-state index contributed by atoms with van der Waals surface area (Å²) in [5.41, 5.74) is 3.77. The molecule has 1 atom stereocenters. The smallest absolute Gasteiger partial charge is 0.301 e. The highest BCUT2D eigenvalue weighted by Crippen LogP contribution is 2.46. The Kier molecular flexibility index (Phi) is 6.23. The molecule has 1 N–H and O–H groups in total. The largest absolute Gasteiger partial charge is 0.507 e. The SMILES string of the molecule is CCOc1cccc([C@@H]2/C(=C(\O)c3ccc4c(c3)OCCO4)C(=O)C(=O)N2c2nc3c(C)cc(C)cc3s2)c1. The molecule has 4 aromatic rings. The van der Waals surface area contributed by atoms with Gasteiger partial charge in [0, 0.05) is 5.56 Å². The van der Waals surface area contributed by atoms with Gasteiger partial charge in [0.1, 0.15) is 24.7 Å². The summed E-state index contributed by atoms with van der Waals surface area (Å²) in [6, 6.07) is 15.3. The maximum absolute atomic E-state index is 13.6. The van der Waals surface area contributed by atoms with E-state index in [1.54, 1.807) is 30.3 Å². The highest BCUT2D eigenvalue weighted by molar-refractivity contribution is 7.22. The second kappa shape index (κ2) is 9.74. The first-order chi connectivity index (χ1) is 18.9. The van der Waals surface area contributed by atoms with E-state index in [2.05, 4.69) is 0 Å². The van der Waals surface area contributed by atoms with Crippen LogP contribution in [0.25, 0.3) is 16.0 Å². The summed E-state index contributed by atoms with van der Waals surface area (Å²) < 4.78 is 17.9. The monoisotopic (exact) mass is 542 g/mol. The maximum Gasteiger partial charge on any atom is 0.301 e. The predicted molar refractivity (Wildman–Crippen MR) is 149 cm³/mol. The van der Waals surface area contributed by atoms with Gasteiger partial charge in [-0.2, -0.15) is 0 Å². The zero-order valence-electron chi connectivity index (χ0n) is 21.7. The third-order valence-corrected chi connectivity index (χ3v) is 7.77. The zero-order valence-corrected chi connectivity index (χ0v) is 22.5. The van der Waals surface area contributed by atoms with E-state index in [1.807, 2.05) is 45.0 Å². The van der Waals surface area contributed by atoms with Crippen LogP contribution >= 0.6 is 11.3 Å². The van der Waals surface area contributed by atoms with Crippen molar-refractivity contribution in [3.8, 4) is 17.2 Å². The Balaban J connectivity index is 1.55. The molecule has 0 spiro atoms. The summed E-state index contributed by atoms with van der Waals surface area (Å²) in [5, 5.41) is 11.9. The number of hydrogen-bond acceptors (Lipinski definition) is 8. The van der Waals surface area contributed by atoms with Crippen molar-refractivity contribution in [2.45, 2.75) is 26.8 Å². The van der Waals surface area contributed by atoms with Gasteiger partial charge < -0.3 is 19.3 Å². The van der Waals surface area contributed by atoms with Crippen molar-refractivity contribution < 1.29 is 28.9 Å². The number of benzene rings is 3. The number of rotatable bonds is 5. The Bertz CT molecular complexity index is 1670. The first-order valence-corrected chi connectivity index (χ1v) is 13.5. The lowest BCUT2D eigenvalue weighted by Crippen LogP contribution is -2.29. The van der Waals surface area contributed by atoms with Crippen LogP contribution in [0.1, 0.15) is 35.2 Å². The number of Topliss-reactive ketones (excluding diaryl/α,β-unsaturated/α-hetero) is 1. The summed E-state index contributed by atoms with van der Waals surface area (Å²) in [6.07, 6.45) is 0. The van der Waals surface area contributed by atoms with E-state index in [1.165, 1.54) is 16.2 Å². The number of ether oxygens (including phenoxy) is 3. The molecule has 2 aliphatic heterocycles. The number of aliphatic hydroxyl groups is 1. The van der Waals surface area contributed by atoms with Crippen LogP contribution < -0.4 is 19.1 Å². The van der Waals surface area contributed by atoms with Gasteiger partial charge in [0.25, 0.3) is 5.78 Å². The lowest BCUT2D eigenvalue weighted by atomic mass is 9.95. The second-order valence-corrected chi connectivity index (χ2v) is 10.5. The number of carbonyl (C=O) groups excluding carboxylic acids is 2. The van der Waals surface area contributed by atoms with Crippen molar-refractivity contribution in [1.82, 2.24) is 4.98 Å². The van der Waals surface area contributed by atoms with E-state index in [-0.39, 0.29) is 11.3 Å². The molecule has 3 heterocycles. The number of ketones is 1. The summed E-state index contributed by atoms with van der Waals surface area (Å²) in [5.74, 6) is -0.232. The molecule has 0 unspecified atom stereocenters. The first kappa shape index (κ1) is 24.9. The average Bonchev–Trinajstić information content (AvgIpc) is 3.47. The number of nitrogens with zero attached hydrogens (tertiary/aromatic N) is 2. The van der Waals surface area contributed by atoms with Gasteiger partial charge in [-0.25, -0.2) is 4.98 Å². The molecule has 1 saturated heterocycles. The third kappa shape index (κ3) is 4.28. The molecule has 8 nitrogen and oxygen atoms in total. The summed E-state index contributed by atoms with van der Waals surface area (Å²) in [7, 11) is 0. The lowest BCUT2D eigenvalue weighted by molar-refractivity contribution is -0.132. The maximum atomic E-state index is 13.6. The summed E-state index contributed by atoms with van der Waals surface area (Å²) in [4.78, 5) is 33.4. The quantitative estimate of drug-likeness (QED) is 0.196. The minimum Gasteiger partial charge on any atom is -0.507 e. The van der Waals surface area contributed by atoms with Gasteiger partial charge in [0.05, 0.1) is 28.4 Å². The number of thiazole rings is 1. The fourth-order valence-corrected chi connectivity index (χ4v) is 6.26. The molecule has 0 saturated carbocycles. The second-order valence-electron chi connectivity index (χ2n) is 9.46. The van der Waals surface area contributed by atoms with Crippen molar-refractivity contribution in [1.29, 1.82) is 0 Å². The van der Waals surface area contributed by atoms with Gasteiger partial charge in [-0.3, -0.25) is 14.5 Å². The molecule has 39 heavy (non-hydrogen) atoms. The van der Waals surface area contributed by atoms with Gasteiger partial charge in [-0.1, -0.05) is 29.5 Å². The van der Waals surface area contributed by atoms with E-state index >= 15 is 0 Å². The van der Waals surface area contributed by atoms with E-state index < -0.39 is 17.7 Å². The molecular formula is C30H26N2O6S. The molecule has 9 heteroatoms. The van der Waals surface area contributed by atoms with Crippen molar-refractivity contribution >= 4 is 44.1 Å². The van der Waals surface area contributed by atoms with E-state index in [9.17, 15) is 14.7 Å². The van der Waals surface area contributed by atoms with Crippen LogP contribution in [0.5, 0.6) is 17.2 Å². The van der Waals surface area contributed by atoms with Gasteiger partial charge in [-0.15, -0.1) is 0 Å². The van der Waals surface area contributed by atoms with Crippen LogP contribution in [-0.4, -0.2) is 41.6 Å². The van der Waals surface area contributed by atoms with Crippen molar-refractivity contribution in [2.75, 3.05) is 24.7 Å². The van der Waals surface area contributed by atoms with Crippen LogP contribution in [0.4, 0.5) is 5.13 Å².